The van der Waals surface area contributed by atoms with Crippen molar-refractivity contribution >= 4 is 17.4 Å². The van der Waals surface area contributed by atoms with Crippen molar-refractivity contribution in [2.45, 2.75) is 64.3 Å². The summed E-state index contributed by atoms with van der Waals surface area (Å²) in [7, 11) is 0. The molecular formula is C23H27F3N4O2. The van der Waals surface area contributed by atoms with Gasteiger partial charge < -0.3 is 15.0 Å². The Morgan fingerprint density at radius 3 is 2.81 bits per heavy atom. The monoisotopic (exact) mass is 448 g/mol. The summed E-state index contributed by atoms with van der Waals surface area (Å²) in [5.41, 5.74) is 2.48. The number of anilines is 2. The van der Waals surface area contributed by atoms with Crippen LogP contribution >= 0.6 is 0 Å². The van der Waals surface area contributed by atoms with Gasteiger partial charge in [-0.25, -0.2) is 4.98 Å². The van der Waals surface area contributed by atoms with Crippen LogP contribution in [0.3, 0.4) is 0 Å². The van der Waals surface area contributed by atoms with Gasteiger partial charge in [0.2, 0.25) is 5.91 Å². The van der Waals surface area contributed by atoms with Crippen molar-refractivity contribution in [3.63, 3.8) is 0 Å². The molecule has 1 N–H and O–H groups in total. The highest BCUT2D eigenvalue weighted by molar-refractivity contribution is 5.91. The number of alkyl halides is 3. The standard InChI is InChI=1S/C23H27F3N4O2/c1-15-11-19-18(28-22(15)29-21(31)12-17-5-2-3-10-32-17)6-4-9-30(19)14-16-7-8-20(27-13-16)23(24,25)26/h7-8,11,13,17H,2-6,9-10,12,14H2,1H3,(H,28,29,31)/t17-/m1/s1. The predicted octanol–water partition coefficient (Wildman–Crippen LogP) is 4.65. The van der Waals surface area contributed by atoms with E-state index in [0.29, 0.717) is 31.0 Å². The summed E-state index contributed by atoms with van der Waals surface area (Å²) in [4.78, 5) is 22.8. The molecule has 1 amide bonds. The van der Waals surface area contributed by atoms with Crippen molar-refractivity contribution in [3.8, 4) is 0 Å². The first-order valence-corrected chi connectivity index (χ1v) is 11.0. The Balaban J connectivity index is 1.45. The van der Waals surface area contributed by atoms with Crippen molar-refractivity contribution < 1.29 is 22.7 Å². The van der Waals surface area contributed by atoms with E-state index in [9.17, 15) is 18.0 Å². The van der Waals surface area contributed by atoms with Gasteiger partial charge in [-0.1, -0.05) is 6.07 Å². The molecule has 32 heavy (non-hydrogen) atoms. The van der Waals surface area contributed by atoms with Crippen LogP contribution in [0.2, 0.25) is 0 Å². The number of aryl methyl sites for hydroxylation is 2. The van der Waals surface area contributed by atoms with E-state index in [-0.39, 0.29) is 12.0 Å². The summed E-state index contributed by atoms with van der Waals surface area (Å²) in [5, 5.41) is 2.93. The molecule has 1 atom stereocenters. The molecule has 4 rings (SSSR count). The van der Waals surface area contributed by atoms with E-state index >= 15 is 0 Å². The molecule has 0 aliphatic carbocycles. The summed E-state index contributed by atoms with van der Waals surface area (Å²) < 4.78 is 43.9. The number of halogens is 3. The molecule has 2 aromatic rings. The molecule has 172 valence electrons. The van der Waals surface area contributed by atoms with Crippen LogP contribution in [-0.2, 0) is 28.7 Å². The molecule has 9 heteroatoms. The third kappa shape index (κ3) is 5.38. The lowest BCUT2D eigenvalue weighted by Gasteiger charge is -2.31. The smallest absolute Gasteiger partial charge is 0.378 e. The fourth-order valence-electron chi connectivity index (χ4n) is 4.21. The van der Waals surface area contributed by atoms with Gasteiger partial charge in [-0.2, -0.15) is 13.2 Å². The number of pyridine rings is 2. The SMILES string of the molecule is Cc1cc2c(nc1NC(=O)C[C@H]1CCCCO1)CCCN2Cc1ccc(C(F)(F)F)nc1. The molecule has 0 saturated carbocycles. The van der Waals surface area contributed by atoms with E-state index in [1.807, 2.05) is 13.0 Å². The molecule has 2 aromatic heterocycles. The molecule has 0 aromatic carbocycles. The molecular weight excluding hydrogens is 421 g/mol. The molecule has 1 saturated heterocycles. The number of fused-ring (bicyclic) bond motifs is 1. The number of aromatic nitrogens is 2. The van der Waals surface area contributed by atoms with Crippen molar-refractivity contribution in [2.75, 3.05) is 23.4 Å². The summed E-state index contributed by atoms with van der Waals surface area (Å²) in [6.07, 6.45) is 1.81. The average molecular weight is 448 g/mol. The first kappa shape index (κ1) is 22.5. The Morgan fingerprint density at radius 1 is 1.28 bits per heavy atom. The van der Waals surface area contributed by atoms with Crippen LogP contribution in [0, 0.1) is 6.92 Å². The van der Waals surface area contributed by atoms with E-state index in [1.165, 1.54) is 12.3 Å². The van der Waals surface area contributed by atoms with Crippen LogP contribution in [0.1, 0.15) is 54.6 Å². The van der Waals surface area contributed by atoms with Crippen molar-refractivity contribution in [1.82, 2.24) is 9.97 Å². The van der Waals surface area contributed by atoms with Gasteiger partial charge >= 0.3 is 6.18 Å². The van der Waals surface area contributed by atoms with Crippen molar-refractivity contribution in [3.05, 3.63) is 46.9 Å². The second-order valence-corrected chi connectivity index (χ2v) is 8.44. The van der Waals surface area contributed by atoms with Crippen molar-refractivity contribution in [2.24, 2.45) is 0 Å². The highest BCUT2D eigenvalue weighted by Crippen LogP contribution is 2.32. The Hall–Kier alpha value is -2.68. The lowest BCUT2D eigenvalue weighted by Crippen LogP contribution is -2.30. The lowest BCUT2D eigenvalue weighted by molar-refractivity contribution is -0.141. The lowest BCUT2D eigenvalue weighted by atomic mass is 10.0. The number of hydrogen-bond acceptors (Lipinski definition) is 5. The number of rotatable bonds is 5. The molecule has 0 spiro atoms. The maximum absolute atomic E-state index is 12.8. The Labute approximate surface area is 185 Å². The first-order chi connectivity index (χ1) is 15.3. The molecule has 1 fully saturated rings. The van der Waals surface area contributed by atoms with Gasteiger partial charge in [-0.15, -0.1) is 0 Å². The largest absolute Gasteiger partial charge is 0.433 e. The van der Waals surface area contributed by atoms with Crippen LogP contribution in [-0.4, -0.2) is 35.1 Å². The third-order valence-electron chi connectivity index (χ3n) is 5.88. The van der Waals surface area contributed by atoms with Gasteiger partial charge in [-0.3, -0.25) is 9.78 Å². The van der Waals surface area contributed by atoms with Gasteiger partial charge in [0, 0.05) is 25.9 Å². The van der Waals surface area contributed by atoms with Crippen LogP contribution in [0.5, 0.6) is 0 Å². The fraction of sp³-hybridized carbons (Fsp3) is 0.522. The normalized spacial score (nSPS) is 18.9. The second kappa shape index (κ2) is 9.44. The van der Waals surface area contributed by atoms with E-state index < -0.39 is 11.9 Å². The number of nitrogens with one attached hydrogen (secondary N) is 1. The van der Waals surface area contributed by atoms with E-state index in [4.69, 9.17) is 9.72 Å². The molecule has 6 nitrogen and oxygen atoms in total. The summed E-state index contributed by atoms with van der Waals surface area (Å²) in [6.45, 7) is 3.83. The maximum atomic E-state index is 12.8. The topological polar surface area (TPSA) is 67.3 Å². The van der Waals surface area contributed by atoms with Gasteiger partial charge in [0.1, 0.15) is 11.5 Å². The number of nitrogens with zero attached hydrogens (tertiary/aromatic N) is 3. The minimum absolute atomic E-state index is 0.0329. The number of hydrogen-bond donors (Lipinski definition) is 1. The average Bonchev–Trinajstić information content (AvgIpc) is 2.75. The maximum Gasteiger partial charge on any atom is 0.433 e. The third-order valence-corrected chi connectivity index (χ3v) is 5.88. The zero-order valence-electron chi connectivity index (χ0n) is 18.0. The van der Waals surface area contributed by atoms with Gasteiger partial charge in [-0.05, 0) is 62.3 Å². The van der Waals surface area contributed by atoms with Crippen molar-refractivity contribution in [1.29, 1.82) is 0 Å². The quantitative estimate of drug-likeness (QED) is 0.721. The summed E-state index contributed by atoms with van der Waals surface area (Å²) in [5.74, 6) is 0.457. The highest BCUT2D eigenvalue weighted by atomic mass is 19.4. The van der Waals surface area contributed by atoms with Crippen LogP contribution < -0.4 is 10.2 Å². The predicted molar refractivity (Wildman–Crippen MR) is 114 cm³/mol. The van der Waals surface area contributed by atoms with E-state index in [0.717, 1.165) is 61.7 Å². The molecule has 2 aliphatic heterocycles. The fourth-order valence-corrected chi connectivity index (χ4v) is 4.21. The van der Waals surface area contributed by atoms with Crippen LogP contribution in [0.15, 0.2) is 24.4 Å². The molecule has 0 bridgehead atoms. The highest BCUT2D eigenvalue weighted by Gasteiger charge is 2.32. The number of carbonyl (C=O) groups is 1. The summed E-state index contributed by atoms with van der Waals surface area (Å²) in [6, 6.07) is 4.47. The molecule has 0 radical (unpaired) electrons. The summed E-state index contributed by atoms with van der Waals surface area (Å²) >= 11 is 0. The Bertz CT molecular complexity index is 957. The Kier molecular flexibility index (Phi) is 6.64. The zero-order valence-corrected chi connectivity index (χ0v) is 18.0. The van der Waals surface area contributed by atoms with Crippen LogP contribution in [0.25, 0.3) is 0 Å². The minimum atomic E-state index is -4.44. The molecule has 0 unspecified atom stereocenters. The molecule has 2 aliphatic rings. The van der Waals surface area contributed by atoms with Gasteiger partial charge in [0.25, 0.3) is 0 Å². The van der Waals surface area contributed by atoms with Crippen LogP contribution in [0.4, 0.5) is 24.7 Å². The van der Waals surface area contributed by atoms with Gasteiger partial charge in [0.05, 0.1) is 23.9 Å². The number of ether oxygens (including phenoxy) is 1. The van der Waals surface area contributed by atoms with E-state index in [2.05, 4.69) is 15.2 Å². The second-order valence-electron chi connectivity index (χ2n) is 8.44. The number of carbonyl (C=O) groups excluding carboxylic acids is 1. The minimum Gasteiger partial charge on any atom is -0.378 e. The zero-order chi connectivity index (χ0) is 22.7. The van der Waals surface area contributed by atoms with E-state index in [1.54, 1.807) is 0 Å². The Morgan fingerprint density at radius 2 is 2.12 bits per heavy atom. The molecule has 4 heterocycles. The number of amides is 1. The first-order valence-electron chi connectivity index (χ1n) is 11.0. The van der Waals surface area contributed by atoms with Gasteiger partial charge in [0.15, 0.2) is 0 Å².